The van der Waals surface area contributed by atoms with Crippen LogP contribution in [0.3, 0.4) is 0 Å². The summed E-state index contributed by atoms with van der Waals surface area (Å²) in [6.45, 7) is 2.83. The average Bonchev–Trinajstić information content (AvgIpc) is 2.55. The van der Waals surface area contributed by atoms with Crippen molar-refractivity contribution in [2.24, 2.45) is 0 Å². The number of Topliss-reactive ketones (excluding diaryl/α,β-unsaturated/α-hetero) is 1. The monoisotopic (exact) mass is 284 g/mol. The molecule has 0 saturated heterocycles. The highest BCUT2D eigenvalue weighted by molar-refractivity contribution is 6.09. The van der Waals surface area contributed by atoms with Crippen LogP contribution in [0.15, 0.2) is 47.7 Å². The maximum Gasteiger partial charge on any atom is 0.223 e. The summed E-state index contributed by atoms with van der Waals surface area (Å²) < 4.78 is 5.54. The van der Waals surface area contributed by atoms with Crippen LogP contribution in [0.5, 0.6) is 0 Å². The van der Waals surface area contributed by atoms with Crippen molar-refractivity contribution in [2.75, 3.05) is 6.61 Å². The third kappa shape index (κ3) is 4.89. The molecule has 2 heteroatoms. The van der Waals surface area contributed by atoms with Crippen LogP contribution in [0.1, 0.15) is 51.0 Å². The topological polar surface area (TPSA) is 26.3 Å². The highest BCUT2D eigenvalue weighted by Crippen LogP contribution is 2.21. The fourth-order valence-electron chi connectivity index (χ4n) is 2.44. The van der Waals surface area contributed by atoms with Crippen LogP contribution in [0, 0.1) is 0 Å². The average molecular weight is 284 g/mol. The van der Waals surface area contributed by atoms with Crippen molar-refractivity contribution in [2.45, 2.75) is 45.4 Å². The Morgan fingerprint density at radius 1 is 1.24 bits per heavy atom. The summed E-state index contributed by atoms with van der Waals surface area (Å²) in [4.78, 5) is 12.6. The van der Waals surface area contributed by atoms with Crippen LogP contribution >= 0.6 is 0 Å². The molecule has 0 aromatic heterocycles. The Morgan fingerprint density at radius 2 is 2.05 bits per heavy atom. The van der Waals surface area contributed by atoms with Gasteiger partial charge in [-0.05, 0) is 43.4 Å². The molecule has 21 heavy (non-hydrogen) atoms. The Bertz CT molecular complexity index is 512. The number of ketones is 1. The Morgan fingerprint density at radius 3 is 2.71 bits per heavy atom. The quantitative estimate of drug-likeness (QED) is 0.525. The van der Waals surface area contributed by atoms with E-state index in [-0.39, 0.29) is 5.78 Å². The summed E-state index contributed by atoms with van der Waals surface area (Å²) in [6.07, 6.45) is 10.1. The molecule has 0 saturated carbocycles. The maximum atomic E-state index is 12.6. The van der Waals surface area contributed by atoms with Crippen LogP contribution in [-0.2, 0) is 9.53 Å². The van der Waals surface area contributed by atoms with Gasteiger partial charge in [0.05, 0.1) is 6.61 Å². The van der Waals surface area contributed by atoms with E-state index in [0.717, 1.165) is 49.7 Å². The lowest BCUT2D eigenvalue weighted by Gasteiger charge is -2.15. The Balaban J connectivity index is 2.16. The van der Waals surface area contributed by atoms with Crippen LogP contribution in [0.4, 0.5) is 0 Å². The molecule has 0 atom stereocenters. The molecule has 1 heterocycles. The zero-order chi connectivity index (χ0) is 14.9. The summed E-state index contributed by atoms with van der Waals surface area (Å²) in [6, 6.07) is 10.0. The van der Waals surface area contributed by atoms with E-state index in [2.05, 4.69) is 6.92 Å². The number of rotatable bonds is 7. The fraction of sp³-hybridized carbons (Fsp3) is 0.421. The second-order valence-corrected chi connectivity index (χ2v) is 5.43. The summed E-state index contributed by atoms with van der Waals surface area (Å²) in [7, 11) is 0. The SMILES string of the molecule is CCCCC/C(=C\c1ccccc1)C(=O)C1=CCCCO1. The first-order chi connectivity index (χ1) is 10.3. The highest BCUT2D eigenvalue weighted by Gasteiger charge is 2.18. The lowest BCUT2D eigenvalue weighted by Crippen LogP contribution is -2.13. The Labute approximate surface area is 127 Å². The van der Waals surface area contributed by atoms with Crippen LogP contribution < -0.4 is 0 Å². The highest BCUT2D eigenvalue weighted by atomic mass is 16.5. The first kappa shape index (κ1) is 15.6. The fourth-order valence-corrected chi connectivity index (χ4v) is 2.44. The third-order valence-electron chi connectivity index (χ3n) is 3.64. The number of hydrogen-bond acceptors (Lipinski definition) is 2. The smallest absolute Gasteiger partial charge is 0.223 e. The van der Waals surface area contributed by atoms with Crippen molar-refractivity contribution in [3.05, 3.63) is 53.3 Å². The number of allylic oxidation sites excluding steroid dienone is 2. The summed E-state index contributed by atoms with van der Waals surface area (Å²) in [5.74, 6) is 0.606. The lowest BCUT2D eigenvalue weighted by molar-refractivity contribution is -0.115. The van der Waals surface area contributed by atoms with Crippen molar-refractivity contribution >= 4 is 11.9 Å². The van der Waals surface area contributed by atoms with Crippen LogP contribution in [-0.4, -0.2) is 12.4 Å². The van der Waals surface area contributed by atoms with Gasteiger partial charge in [0.25, 0.3) is 0 Å². The minimum absolute atomic E-state index is 0.0645. The summed E-state index contributed by atoms with van der Waals surface area (Å²) in [5, 5.41) is 0. The van der Waals surface area contributed by atoms with E-state index < -0.39 is 0 Å². The third-order valence-corrected chi connectivity index (χ3v) is 3.64. The van der Waals surface area contributed by atoms with Gasteiger partial charge in [-0.2, -0.15) is 0 Å². The van der Waals surface area contributed by atoms with Gasteiger partial charge in [-0.15, -0.1) is 0 Å². The summed E-state index contributed by atoms with van der Waals surface area (Å²) >= 11 is 0. The minimum Gasteiger partial charge on any atom is -0.490 e. The van der Waals surface area contributed by atoms with Gasteiger partial charge in [0.15, 0.2) is 5.76 Å². The van der Waals surface area contributed by atoms with Crippen molar-refractivity contribution in [1.29, 1.82) is 0 Å². The Hall–Kier alpha value is -1.83. The first-order valence-electron chi connectivity index (χ1n) is 7.94. The Kier molecular flexibility index (Phi) is 6.26. The predicted octanol–water partition coefficient (Wildman–Crippen LogP) is 4.91. The van der Waals surface area contributed by atoms with E-state index >= 15 is 0 Å². The number of ether oxygens (including phenoxy) is 1. The van der Waals surface area contributed by atoms with Crippen molar-refractivity contribution in [1.82, 2.24) is 0 Å². The maximum absolute atomic E-state index is 12.6. The molecule has 2 rings (SSSR count). The number of hydrogen-bond donors (Lipinski definition) is 0. The van der Waals surface area contributed by atoms with E-state index in [4.69, 9.17) is 4.74 Å². The van der Waals surface area contributed by atoms with E-state index in [9.17, 15) is 4.79 Å². The first-order valence-corrected chi connectivity index (χ1v) is 7.94. The van der Waals surface area contributed by atoms with Crippen molar-refractivity contribution in [3.63, 3.8) is 0 Å². The molecule has 1 aliphatic heterocycles. The molecule has 0 amide bonds. The molecule has 0 unspecified atom stereocenters. The molecule has 0 N–H and O–H groups in total. The van der Waals surface area contributed by atoms with Gasteiger partial charge in [0.2, 0.25) is 5.78 Å². The van der Waals surface area contributed by atoms with Crippen molar-refractivity contribution < 1.29 is 9.53 Å². The van der Waals surface area contributed by atoms with Gasteiger partial charge in [0, 0.05) is 5.57 Å². The molecule has 2 nitrogen and oxygen atoms in total. The molecule has 0 bridgehead atoms. The van der Waals surface area contributed by atoms with Gasteiger partial charge >= 0.3 is 0 Å². The molecule has 0 radical (unpaired) electrons. The largest absolute Gasteiger partial charge is 0.490 e. The van der Waals surface area contributed by atoms with Crippen LogP contribution in [0.2, 0.25) is 0 Å². The van der Waals surface area contributed by atoms with Gasteiger partial charge in [0.1, 0.15) is 0 Å². The second-order valence-electron chi connectivity index (χ2n) is 5.43. The van der Waals surface area contributed by atoms with Gasteiger partial charge < -0.3 is 4.74 Å². The lowest BCUT2D eigenvalue weighted by atomic mass is 9.98. The zero-order valence-corrected chi connectivity index (χ0v) is 12.8. The normalized spacial score (nSPS) is 15.3. The van der Waals surface area contributed by atoms with E-state index in [1.54, 1.807) is 0 Å². The van der Waals surface area contributed by atoms with Crippen molar-refractivity contribution in [3.8, 4) is 0 Å². The number of carbonyl (C=O) groups excluding carboxylic acids is 1. The molecule has 112 valence electrons. The zero-order valence-electron chi connectivity index (χ0n) is 12.8. The number of unbranched alkanes of at least 4 members (excludes halogenated alkanes) is 2. The van der Waals surface area contributed by atoms with E-state index in [0.29, 0.717) is 12.4 Å². The predicted molar refractivity (Wildman–Crippen MR) is 86.8 cm³/mol. The molecule has 1 aromatic carbocycles. The molecule has 0 spiro atoms. The van der Waals surface area contributed by atoms with E-state index in [1.165, 1.54) is 0 Å². The molecule has 1 aliphatic rings. The standard InChI is InChI=1S/C19H24O2/c1-2-3-5-12-17(15-16-10-6-4-7-11-16)19(20)18-13-8-9-14-21-18/h4,6-7,10-11,13,15H,2-3,5,8-9,12,14H2,1H3/b17-15+. The number of benzene rings is 1. The van der Waals surface area contributed by atoms with Crippen LogP contribution in [0.25, 0.3) is 6.08 Å². The second kappa shape index (κ2) is 8.46. The van der Waals surface area contributed by atoms with E-state index in [1.807, 2.05) is 42.5 Å². The number of carbonyl (C=O) groups is 1. The van der Waals surface area contributed by atoms with Gasteiger partial charge in [-0.1, -0.05) is 50.1 Å². The summed E-state index contributed by atoms with van der Waals surface area (Å²) in [5.41, 5.74) is 1.94. The molecule has 1 aromatic rings. The molecule has 0 fully saturated rings. The molecular weight excluding hydrogens is 260 g/mol. The molecular formula is C19H24O2. The molecule has 0 aliphatic carbocycles. The van der Waals surface area contributed by atoms with Gasteiger partial charge in [-0.3, -0.25) is 4.79 Å². The minimum atomic E-state index is 0.0645. The van der Waals surface area contributed by atoms with Gasteiger partial charge in [-0.25, -0.2) is 0 Å².